The molecular weight excluding hydrogens is 260 g/mol. The fourth-order valence-corrected chi connectivity index (χ4v) is 1.60. The molecule has 0 saturated heterocycles. The third-order valence-electron chi connectivity index (χ3n) is 2.39. The molecule has 0 aliphatic carbocycles. The van der Waals surface area contributed by atoms with Gasteiger partial charge in [-0.3, -0.25) is 0 Å². The van der Waals surface area contributed by atoms with Crippen molar-refractivity contribution in [1.29, 1.82) is 0 Å². The lowest BCUT2D eigenvalue weighted by Gasteiger charge is -2.18. The van der Waals surface area contributed by atoms with Gasteiger partial charge in [-0.2, -0.15) is 0 Å². The lowest BCUT2D eigenvalue weighted by atomic mass is 10.2. The average molecular weight is 278 g/mol. The fourth-order valence-electron chi connectivity index (χ4n) is 1.60. The van der Waals surface area contributed by atoms with Crippen molar-refractivity contribution < 1.29 is 23.7 Å². The van der Waals surface area contributed by atoms with Gasteiger partial charge in [-0.25, -0.2) is 4.79 Å². The van der Waals surface area contributed by atoms with Crippen molar-refractivity contribution in [1.82, 2.24) is 0 Å². The predicted molar refractivity (Wildman–Crippen MR) is 73.8 cm³/mol. The van der Waals surface area contributed by atoms with E-state index in [2.05, 4.69) is 0 Å². The van der Waals surface area contributed by atoms with Gasteiger partial charge in [-0.15, -0.1) is 0 Å². The molecule has 0 spiro atoms. The molecule has 1 aromatic carbocycles. The van der Waals surface area contributed by atoms with Crippen molar-refractivity contribution in [2.45, 2.75) is 26.4 Å². The summed E-state index contributed by atoms with van der Waals surface area (Å²) in [7, 11) is 0. The van der Waals surface area contributed by atoms with E-state index in [1.807, 2.05) is 24.3 Å². The zero-order chi connectivity index (χ0) is 14.6. The first-order valence-corrected chi connectivity index (χ1v) is 6.36. The molecule has 0 radical (unpaired) electrons. The third kappa shape index (κ3) is 4.19. The van der Waals surface area contributed by atoms with Gasteiger partial charge in [-0.1, -0.05) is 12.1 Å². The van der Waals surface area contributed by atoms with E-state index >= 15 is 0 Å². The van der Waals surface area contributed by atoms with Crippen LogP contribution < -0.4 is 9.47 Å². The average Bonchev–Trinajstić information content (AvgIpc) is 2.79. The van der Waals surface area contributed by atoms with E-state index in [1.54, 1.807) is 26.8 Å². The number of carbonyl (C=O) groups is 1. The zero-order valence-corrected chi connectivity index (χ0v) is 11.8. The zero-order valence-electron chi connectivity index (χ0n) is 11.8. The summed E-state index contributed by atoms with van der Waals surface area (Å²) in [6.45, 7) is 5.78. The minimum atomic E-state index is -0.673. The van der Waals surface area contributed by atoms with Crippen molar-refractivity contribution in [2.24, 2.45) is 0 Å². The van der Waals surface area contributed by atoms with Crippen LogP contribution in [0, 0.1) is 0 Å². The molecule has 108 valence electrons. The highest BCUT2D eigenvalue weighted by Crippen LogP contribution is 2.32. The van der Waals surface area contributed by atoms with Gasteiger partial charge in [0.05, 0.1) is 0 Å². The summed E-state index contributed by atoms with van der Waals surface area (Å²) in [6.07, 6.45) is 2.90. The van der Waals surface area contributed by atoms with Gasteiger partial charge >= 0.3 is 6.16 Å². The first kappa shape index (κ1) is 14.2. The van der Waals surface area contributed by atoms with Crippen LogP contribution >= 0.6 is 0 Å². The molecule has 1 aliphatic heterocycles. The molecular formula is C15H18O5. The molecule has 2 rings (SSSR count). The number of ether oxygens (including phenoxy) is 4. The first-order chi connectivity index (χ1) is 9.44. The topological polar surface area (TPSA) is 54.0 Å². The number of fused-ring (bicyclic) bond motifs is 1. The lowest BCUT2D eigenvalue weighted by Crippen LogP contribution is -2.24. The van der Waals surface area contributed by atoms with Crippen molar-refractivity contribution >= 4 is 12.2 Å². The third-order valence-corrected chi connectivity index (χ3v) is 2.39. The van der Waals surface area contributed by atoms with E-state index < -0.39 is 11.8 Å². The van der Waals surface area contributed by atoms with Crippen molar-refractivity contribution in [3.05, 3.63) is 29.8 Å². The van der Waals surface area contributed by atoms with Crippen molar-refractivity contribution in [3.63, 3.8) is 0 Å². The Hall–Kier alpha value is -2.17. The Balaban J connectivity index is 1.81. The maximum atomic E-state index is 11.3. The Morgan fingerprint density at radius 1 is 1.30 bits per heavy atom. The molecule has 5 heteroatoms. The van der Waals surface area contributed by atoms with Crippen LogP contribution in [-0.4, -0.2) is 25.2 Å². The molecule has 0 fully saturated rings. The Morgan fingerprint density at radius 3 is 2.80 bits per heavy atom. The van der Waals surface area contributed by atoms with Gasteiger partial charge in [0, 0.05) is 0 Å². The lowest BCUT2D eigenvalue weighted by molar-refractivity contribution is -0.00235. The summed E-state index contributed by atoms with van der Waals surface area (Å²) >= 11 is 0. The quantitative estimate of drug-likeness (QED) is 0.793. The van der Waals surface area contributed by atoms with Crippen LogP contribution in [0.2, 0.25) is 0 Å². The number of carbonyl (C=O) groups excluding carboxylic acids is 1. The SMILES string of the molecule is CC(C)(C)OC(=O)OC/C=C/c1ccc2c(c1)OCO2. The largest absolute Gasteiger partial charge is 0.509 e. The molecule has 1 heterocycles. The fraction of sp³-hybridized carbons (Fsp3) is 0.400. The van der Waals surface area contributed by atoms with Gasteiger partial charge < -0.3 is 18.9 Å². The van der Waals surface area contributed by atoms with Gasteiger partial charge in [-0.05, 0) is 44.5 Å². The molecule has 1 aliphatic rings. The highest BCUT2D eigenvalue weighted by atomic mass is 16.7. The smallest absolute Gasteiger partial charge is 0.454 e. The van der Waals surface area contributed by atoms with Crippen LogP contribution in [-0.2, 0) is 9.47 Å². The molecule has 0 atom stereocenters. The second kappa shape index (κ2) is 5.86. The second-order valence-corrected chi connectivity index (χ2v) is 5.29. The van der Waals surface area contributed by atoms with Crippen LogP contribution in [0.3, 0.4) is 0 Å². The van der Waals surface area contributed by atoms with E-state index in [1.165, 1.54) is 0 Å². The Morgan fingerprint density at radius 2 is 2.05 bits per heavy atom. The number of hydrogen-bond donors (Lipinski definition) is 0. The summed E-state index contributed by atoms with van der Waals surface area (Å²) in [4.78, 5) is 11.3. The molecule has 0 N–H and O–H groups in total. The maximum Gasteiger partial charge on any atom is 0.509 e. The first-order valence-electron chi connectivity index (χ1n) is 6.36. The highest BCUT2D eigenvalue weighted by Gasteiger charge is 2.16. The molecule has 5 nitrogen and oxygen atoms in total. The Labute approximate surface area is 118 Å². The summed E-state index contributed by atoms with van der Waals surface area (Å²) in [5.41, 5.74) is 0.403. The van der Waals surface area contributed by atoms with Crippen molar-refractivity contribution in [3.8, 4) is 11.5 Å². The monoisotopic (exact) mass is 278 g/mol. The van der Waals surface area contributed by atoms with E-state index in [-0.39, 0.29) is 13.4 Å². The molecule has 0 unspecified atom stereocenters. The molecule has 0 saturated carbocycles. The van der Waals surface area contributed by atoms with Gasteiger partial charge in [0.2, 0.25) is 6.79 Å². The van der Waals surface area contributed by atoms with E-state index in [4.69, 9.17) is 18.9 Å². The standard InChI is InChI=1S/C15H18O5/c1-15(2,3)20-14(16)17-8-4-5-11-6-7-12-13(9-11)19-10-18-12/h4-7,9H,8,10H2,1-3H3/b5-4+. The predicted octanol–water partition coefficient (Wildman–Crippen LogP) is 3.38. The molecule has 1 aromatic rings. The second-order valence-electron chi connectivity index (χ2n) is 5.29. The van der Waals surface area contributed by atoms with Crippen LogP contribution in [0.25, 0.3) is 6.08 Å². The molecule has 0 amide bonds. The van der Waals surface area contributed by atoms with Gasteiger partial charge in [0.1, 0.15) is 12.2 Å². The number of rotatable bonds is 3. The summed E-state index contributed by atoms with van der Waals surface area (Å²) in [5.74, 6) is 1.47. The summed E-state index contributed by atoms with van der Waals surface area (Å²) in [5, 5.41) is 0. The summed E-state index contributed by atoms with van der Waals surface area (Å²) in [6, 6.07) is 5.61. The maximum absolute atomic E-state index is 11.3. The van der Waals surface area contributed by atoms with Crippen LogP contribution in [0.15, 0.2) is 24.3 Å². The number of benzene rings is 1. The van der Waals surface area contributed by atoms with E-state index in [0.717, 1.165) is 17.1 Å². The molecule has 0 bridgehead atoms. The minimum absolute atomic E-state index is 0.156. The van der Waals surface area contributed by atoms with E-state index in [0.29, 0.717) is 0 Å². The molecule has 20 heavy (non-hydrogen) atoms. The van der Waals surface area contributed by atoms with Gasteiger partial charge in [0.25, 0.3) is 0 Å². The highest BCUT2D eigenvalue weighted by molar-refractivity contribution is 5.61. The Kier molecular flexibility index (Phi) is 4.17. The van der Waals surface area contributed by atoms with Crippen LogP contribution in [0.4, 0.5) is 4.79 Å². The number of hydrogen-bond acceptors (Lipinski definition) is 5. The van der Waals surface area contributed by atoms with Crippen LogP contribution in [0.1, 0.15) is 26.3 Å². The molecule has 0 aromatic heterocycles. The van der Waals surface area contributed by atoms with Gasteiger partial charge in [0.15, 0.2) is 11.5 Å². The van der Waals surface area contributed by atoms with Crippen molar-refractivity contribution in [2.75, 3.05) is 13.4 Å². The Bertz CT molecular complexity index is 513. The van der Waals surface area contributed by atoms with Crippen LogP contribution in [0.5, 0.6) is 11.5 Å². The minimum Gasteiger partial charge on any atom is -0.454 e. The summed E-state index contributed by atoms with van der Waals surface area (Å²) < 4.78 is 20.4. The normalized spacial score (nSPS) is 13.6. The van der Waals surface area contributed by atoms with E-state index in [9.17, 15) is 4.79 Å².